The number of nitrogens with zero attached hydrogens (tertiary/aromatic N) is 2. The maximum absolute atomic E-state index is 12.3. The van der Waals surface area contributed by atoms with Crippen LogP contribution in [0.15, 0.2) is 35.1 Å². The highest BCUT2D eigenvalue weighted by Gasteiger charge is 2.23. The van der Waals surface area contributed by atoms with Crippen molar-refractivity contribution in [2.75, 3.05) is 13.1 Å². The summed E-state index contributed by atoms with van der Waals surface area (Å²) in [5.41, 5.74) is 2.19. The van der Waals surface area contributed by atoms with Gasteiger partial charge < -0.3 is 20.3 Å². The Labute approximate surface area is 143 Å². The summed E-state index contributed by atoms with van der Waals surface area (Å²) in [4.78, 5) is 16.6. The molecule has 7 heteroatoms. The Kier molecular flexibility index (Phi) is 5.09. The quantitative estimate of drug-likeness (QED) is 0.738. The molecule has 0 spiro atoms. The molecule has 0 saturated heterocycles. The first-order valence-electron chi connectivity index (χ1n) is 7.63. The predicted molar refractivity (Wildman–Crippen MR) is 90.0 cm³/mol. The number of hydrogen-bond acceptors (Lipinski definition) is 4. The monoisotopic (exact) mass is 378 g/mol. The summed E-state index contributed by atoms with van der Waals surface area (Å²) in [7, 11) is 0. The maximum atomic E-state index is 12.3. The van der Waals surface area contributed by atoms with E-state index >= 15 is 0 Å². The molecular formula is C16H19BrN4O2. The summed E-state index contributed by atoms with van der Waals surface area (Å²) < 4.78 is 2.69. The Hall–Kier alpha value is -1.70. The van der Waals surface area contributed by atoms with E-state index < -0.39 is 6.10 Å². The Balaban J connectivity index is 1.58. The third-order valence-corrected chi connectivity index (χ3v) is 4.54. The lowest BCUT2D eigenvalue weighted by Crippen LogP contribution is -2.31. The van der Waals surface area contributed by atoms with Crippen LogP contribution >= 0.6 is 15.9 Å². The SMILES string of the molecule is O=C(NCCC(O)c1ccccc1)c1nc(Br)n2c1CNCC2. The molecule has 1 amide bonds. The molecule has 6 nitrogen and oxygen atoms in total. The first-order valence-corrected chi connectivity index (χ1v) is 8.43. The summed E-state index contributed by atoms with van der Waals surface area (Å²) in [5, 5.41) is 16.2. The van der Waals surface area contributed by atoms with Crippen LogP contribution in [0.4, 0.5) is 0 Å². The predicted octanol–water partition coefficient (Wildman–Crippen LogP) is 1.60. The number of hydrogen-bond donors (Lipinski definition) is 3. The van der Waals surface area contributed by atoms with Crippen molar-refractivity contribution in [2.24, 2.45) is 0 Å². The van der Waals surface area contributed by atoms with Crippen molar-refractivity contribution in [2.45, 2.75) is 25.6 Å². The normalized spacial score (nSPS) is 15.0. The van der Waals surface area contributed by atoms with Crippen LogP contribution in [-0.4, -0.2) is 33.7 Å². The van der Waals surface area contributed by atoms with Crippen molar-refractivity contribution < 1.29 is 9.90 Å². The van der Waals surface area contributed by atoms with Crippen LogP contribution in [0.5, 0.6) is 0 Å². The van der Waals surface area contributed by atoms with Crippen LogP contribution in [0.2, 0.25) is 0 Å². The number of aliphatic hydroxyl groups is 1. The topological polar surface area (TPSA) is 79.2 Å². The number of carbonyl (C=O) groups is 1. The van der Waals surface area contributed by atoms with Crippen LogP contribution in [-0.2, 0) is 13.1 Å². The molecule has 1 aromatic heterocycles. The molecule has 1 unspecified atom stereocenters. The Morgan fingerprint density at radius 3 is 3.00 bits per heavy atom. The van der Waals surface area contributed by atoms with Crippen molar-refractivity contribution in [3.05, 3.63) is 52.0 Å². The Morgan fingerprint density at radius 2 is 2.22 bits per heavy atom. The molecule has 1 aromatic carbocycles. The second kappa shape index (κ2) is 7.25. The zero-order valence-electron chi connectivity index (χ0n) is 12.6. The fraction of sp³-hybridized carbons (Fsp3) is 0.375. The molecule has 0 bridgehead atoms. The molecule has 0 fully saturated rings. The van der Waals surface area contributed by atoms with Gasteiger partial charge in [-0.2, -0.15) is 0 Å². The minimum atomic E-state index is -0.583. The number of carbonyl (C=O) groups excluding carboxylic acids is 1. The van der Waals surface area contributed by atoms with E-state index in [-0.39, 0.29) is 5.91 Å². The molecule has 0 radical (unpaired) electrons. The fourth-order valence-electron chi connectivity index (χ4n) is 2.69. The summed E-state index contributed by atoms with van der Waals surface area (Å²) in [6.45, 7) is 2.69. The number of amides is 1. The number of halogens is 1. The van der Waals surface area contributed by atoms with Crippen LogP contribution in [0.3, 0.4) is 0 Å². The number of fused-ring (bicyclic) bond motifs is 1. The molecule has 1 aliphatic heterocycles. The number of imidazole rings is 1. The van der Waals surface area contributed by atoms with E-state index in [1.54, 1.807) is 0 Å². The zero-order valence-corrected chi connectivity index (χ0v) is 14.2. The molecule has 1 atom stereocenters. The minimum absolute atomic E-state index is 0.205. The van der Waals surface area contributed by atoms with Gasteiger partial charge in [-0.05, 0) is 27.9 Å². The maximum Gasteiger partial charge on any atom is 0.271 e. The largest absolute Gasteiger partial charge is 0.388 e. The van der Waals surface area contributed by atoms with Crippen molar-refractivity contribution >= 4 is 21.8 Å². The van der Waals surface area contributed by atoms with Gasteiger partial charge in [-0.1, -0.05) is 30.3 Å². The minimum Gasteiger partial charge on any atom is -0.388 e. The van der Waals surface area contributed by atoms with Gasteiger partial charge in [-0.3, -0.25) is 4.79 Å². The highest BCUT2D eigenvalue weighted by atomic mass is 79.9. The lowest BCUT2D eigenvalue weighted by atomic mass is 10.1. The van der Waals surface area contributed by atoms with E-state index in [9.17, 15) is 9.90 Å². The molecule has 2 heterocycles. The van der Waals surface area contributed by atoms with Crippen molar-refractivity contribution in [1.82, 2.24) is 20.2 Å². The first kappa shape index (κ1) is 16.2. The smallest absolute Gasteiger partial charge is 0.271 e. The number of rotatable bonds is 5. The van der Waals surface area contributed by atoms with Crippen LogP contribution in [0, 0.1) is 0 Å². The molecule has 0 saturated carbocycles. The van der Waals surface area contributed by atoms with Gasteiger partial charge in [0.25, 0.3) is 5.91 Å². The van der Waals surface area contributed by atoms with Crippen molar-refractivity contribution in [1.29, 1.82) is 0 Å². The second-order valence-corrected chi connectivity index (χ2v) is 6.18. The standard InChI is InChI=1S/C16H19BrN4O2/c17-16-20-14(12-10-18-8-9-21(12)16)15(23)19-7-6-13(22)11-4-2-1-3-5-11/h1-5,13,18,22H,6-10H2,(H,19,23). The molecular weight excluding hydrogens is 360 g/mol. The number of aliphatic hydroxyl groups excluding tert-OH is 1. The van der Waals surface area contributed by atoms with E-state index in [4.69, 9.17) is 0 Å². The van der Waals surface area contributed by atoms with E-state index in [1.165, 1.54) is 0 Å². The third-order valence-electron chi connectivity index (χ3n) is 3.93. The van der Waals surface area contributed by atoms with Crippen LogP contribution < -0.4 is 10.6 Å². The van der Waals surface area contributed by atoms with Gasteiger partial charge in [0.15, 0.2) is 10.4 Å². The highest BCUT2D eigenvalue weighted by molar-refractivity contribution is 9.10. The van der Waals surface area contributed by atoms with Gasteiger partial charge in [-0.25, -0.2) is 4.98 Å². The van der Waals surface area contributed by atoms with Gasteiger partial charge >= 0.3 is 0 Å². The van der Waals surface area contributed by atoms with Gasteiger partial charge in [0.2, 0.25) is 0 Å². The number of aromatic nitrogens is 2. The lowest BCUT2D eigenvalue weighted by Gasteiger charge is -2.17. The van der Waals surface area contributed by atoms with E-state index in [1.807, 2.05) is 34.9 Å². The highest BCUT2D eigenvalue weighted by Crippen LogP contribution is 2.19. The lowest BCUT2D eigenvalue weighted by molar-refractivity contribution is 0.0936. The van der Waals surface area contributed by atoms with Gasteiger partial charge in [0, 0.05) is 26.2 Å². The molecule has 122 valence electrons. The van der Waals surface area contributed by atoms with Gasteiger partial charge in [0.05, 0.1) is 11.8 Å². The second-order valence-electron chi connectivity index (χ2n) is 5.48. The fourth-order valence-corrected chi connectivity index (χ4v) is 3.26. The van der Waals surface area contributed by atoms with E-state index in [0.717, 1.165) is 24.3 Å². The average Bonchev–Trinajstić information content (AvgIpc) is 2.93. The van der Waals surface area contributed by atoms with Crippen molar-refractivity contribution in [3.8, 4) is 0 Å². The molecule has 23 heavy (non-hydrogen) atoms. The summed E-state index contributed by atoms with van der Waals surface area (Å²) in [5.74, 6) is -0.205. The third kappa shape index (κ3) is 3.63. The van der Waals surface area contributed by atoms with Crippen LogP contribution in [0.25, 0.3) is 0 Å². The number of benzene rings is 1. The molecule has 0 aliphatic carbocycles. The number of nitrogens with one attached hydrogen (secondary N) is 2. The summed E-state index contributed by atoms with van der Waals surface area (Å²) >= 11 is 3.40. The summed E-state index contributed by atoms with van der Waals surface area (Å²) in [6.07, 6.45) is -0.119. The van der Waals surface area contributed by atoms with E-state index in [0.29, 0.717) is 29.9 Å². The molecule has 2 aromatic rings. The van der Waals surface area contributed by atoms with Gasteiger partial charge in [-0.15, -0.1) is 0 Å². The first-order chi connectivity index (χ1) is 11.2. The molecule has 3 N–H and O–H groups in total. The van der Waals surface area contributed by atoms with Gasteiger partial charge in [0.1, 0.15) is 0 Å². The van der Waals surface area contributed by atoms with Crippen LogP contribution in [0.1, 0.15) is 34.3 Å². The zero-order chi connectivity index (χ0) is 16.2. The van der Waals surface area contributed by atoms with Crippen molar-refractivity contribution in [3.63, 3.8) is 0 Å². The molecule has 1 aliphatic rings. The average molecular weight is 379 g/mol. The Bertz CT molecular complexity index is 687. The van der Waals surface area contributed by atoms with E-state index in [2.05, 4.69) is 31.5 Å². The molecule has 3 rings (SSSR count). The summed E-state index contributed by atoms with van der Waals surface area (Å²) in [6, 6.07) is 9.44. The Morgan fingerprint density at radius 1 is 1.43 bits per heavy atom.